The summed E-state index contributed by atoms with van der Waals surface area (Å²) in [5.41, 5.74) is 3.42. The Kier molecular flexibility index (Phi) is 6.82. The van der Waals surface area contributed by atoms with E-state index in [9.17, 15) is 4.21 Å². The molecular weight excluding hydrogens is 502 g/mol. The summed E-state index contributed by atoms with van der Waals surface area (Å²) >= 11 is 1.50. The molecule has 6 rings (SSSR count). The monoisotopic (exact) mass is 533 g/mol. The van der Waals surface area contributed by atoms with Crippen molar-refractivity contribution in [3.63, 3.8) is 0 Å². The summed E-state index contributed by atoms with van der Waals surface area (Å²) < 4.78 is 22.5. The third kappa shape index (κ3) is 5.07. The Bertz CT molecular complexity index is 1430. The number of anilines is 2. The molecule has 4 aromatic rings. The highest BCUT2D eigenvalue weighted by molar-refractivity contribution is 7.87. The van der Waals surface area contributed by atoms with E-state index in [0.717, 1.165) is 59.1 Å². The normalized spacial score (nSPS) is 18.2. The third-order valence-electron chi connectivity index (χ3n) is 7.51. The van der Waals surface area contributed by atoms with Gasteiger partial charge in [-0.05, 0) is 50.8 Å². The van der Waals surface area contributed by atoms with Crippen LogP contribution in [0.15, 0.2) is 54.2 Å². The minimum atomic E-state index is -1.14. The van der Waals surface area contributed by atoms with Crippen LogP contribution >= 0.6 is 11.3 Å². The summed E-state index contributed by atoms with van der Waals surface area (Å²) in [6.07, 6.45) is 11.0. The molecule has 2 heterocycles. The van der Waals surface area contributed by atoms with E-state index in [4.69, 9.17) is 9.72 Å². The summed E-state index contributed by atoms with van der Waals surface area (Å²) in [7, 11) is -1.14. The number of nitrogens with one attached hydrogen (secondary N) is 2. The Labute approximate surface area is 223 Å². The van der Waals surface area contributed by atoms with Gasteiger partial charge in [0, 0.05) is 23.0 Å². The van der Waals surface area contributed by atoms with Crippen molar-refractivity contribution in [3.05, 3.63) is 54.2 Å². The highest BCUT2D eigenvalue weighted by Gasteiger charge is 2.38. The molecule has 7 nitrogen and oxygen atoms in total. The van der Waals surface area contributed by atoms with Crippen LogP contribution in [0.3, 0.4) is 0 Å². The van der Waals surface area contributed by atoms with Gasteiger partial charge >= 0.3 is 0 Å². The van der Waals surface area contributed by atoms with Crippen LogP contribution in [0.25, 0.3) is 21.3 Å². The van der Waals surface area contributed by atoms with E-state index in [1.54, 1.807) is 11.7 Å². The smallest absolute Gasteiger partial charge is 0.239 e. The number of aromatic nitrogens is 3. The second-order valence-corrected chi connectivity index (χ2v) is 12.7. The van der Waals surface area contributed by atoms with Crippen molar-refractivity contribution in [2.75, 3.05) is 10.0 Å². The van der Waals surface area contributed by atoms with Gasteiger partial charge in [0.25, 0.3) is 0 Å². The van der Waals surface area contributed by atoms with Crippen molar-refractivity contribution in [1.29, 1.82) is 0 Å². The molecular formula is C28H31N5O2S2. The lowest BCUT2D eigenvalue weighted by Crippen LogP contribution is -2.41. The molecule has 0 bridgehead atoms. The quantitative estimate of drug-likeness (QED) is 0.247. The molecule has 0 radical (unpaired) electrons. The van der Waals surface area contributed by atoms with Crippen molar-refractivity contribution in [1.82, 2.24) is 15.0 Å². The lowest BCUT2D eigenvalue weighted by molar-refractivity contribution is 0.380. The Morgan fingerprint density at radius 2 is 1.81 bits per heavy atom. The SMILES string of the molecule is CC1(S(=O)Nc2ccc(Oc3ncsc3-c3ccnc(NC4CCCCC4)n3)c3ccccc23)CCC1. The van der Waals surface area contributed by atoms with Crippen molar-refractivity contribution >= 4 is 44.7 Å². The van der Waals surface area contributed by atoms with Gasteiger partial charge in [-0.1, -0.05) is 49.9 Å². The molecule has 2 aromatic carbocycles. The van der Waals surface area contributed by atoms with Crippen LogP contribution in [0.1, 0.15) is 58.3 Å². The van der Waals surface area contributed by atoms with Crippen molar-refractivity contribution in [3.8, 4) is 22.2 Å². The molecule has 0 aliphatic heterocycles. The van der Waals surface area contributed by atoms with Gasteiger partial charge < -0.3 is 14.8 Å². The minimum absolute atomic E-state index is 0.159. The predicted molar refractivity (Wildman–Crippen MR) is 152 cm³/mol. The Morgan fingerprint density at radius 3 is 2.59 bits per heavy atom. The first-order valence-electron chi connectivity index (χ1n) is 13.0. The zero-order valence-electron chi connectivity index (χ0n) is 20.9. The van der Waals surface area contributed by atoms with Crippen LogP contribution in [-0.4, -0.2) is 29.9 Å². The Balaban J connectivity index is 1.26. The molecule has 2 N–H and O–H groups in total. The fourth-order valence-corrected chi connectivity index (χ4v) is 7.07. The maximum atomic E-state index is 13.0. The van der Waals surface area contributed by atoms with Gasteiger partial charge in [-0.2, -0.15) is 0 Å². The number of hydrogen-bond donors (Lipinski definition) is 2. The third-order valence-corrected chi connectivity index (χ3v) is 10.1. The van der Waals surface area contributed by atoms with Crippen LogP contribution in [-0.2, 0) is 11.0 Å². The molecule has 9 heteroatoms. The highest BCUT2D eigenvalue weighted by atomic mass is 32.2. The van der Waals surface area contributed by atoms with Gasteiger partial charge in [-0.25, -0.2) is 19.2 Å². The lowest BCUT2D eigenvalue weighted by atomic mass is 9.86. The zero-order valence-corrected chi connectivity index (χ0v) is 22.5. The molecule has 0 saturated heterocycles. The fraction of sp³-hybridized carbons (Fsp3) is 0.393. The van der Waals surface area contributed by atoms with Crippen LogP contribution in [0.4, 0.5) is 11.6 Å². The number of hydrogen-bond acceptors (Lipinski definition) is 7. The van der Waals surface area contributed by atoms with E-state index in [-0.39, 0.29) is 4.75 Å². The Hall–Kier alpha value is -3.04. The summed E-state index contributed by atoms with van der Waals surface area (Å²) in [4.78, 5) is 14.6. The summed E-state index contributed by atoms with van der Waals surface area (Å²) in [6, 6.07) is 14.2. The van der Waals surface area contributed by atoms with Gasteiger partial charge in [0.1, 0.15) is 21.6 Å². The summed E-state index contributed by atoms with van der Waals surface area (Å²) in [5.74, 6) is 1.87. The number of rotatable bonds is 8. The topological polar surface area (TPSA) is 89.0 Å². The van der Waals surface area contributed by atoms with Gasteiger partial charge in [-0.15, -0.1) is 11.3 Å². The molecule has 2 aliphatic carbocycles. The number of nitrogens with zero attached hydrogens (tertiary/aromatic N) is 3. The summed E-state index contributed by atoms with van der Waals surface area (Å²) in [5, 5.41) is 5.41. The van der Waals surface area contributed by atoms with E-state index < -0.39 is 11.0 Å². The van der Waals surface area contributed by atoms with E-state index in [0.29, 0.717) is 23.6 Å². The van der Waals surface area contributed by atoms with E-state index in [1.807, 2.05) is 42.5 Å². The van der Waals surface area contributed by atoms with Crippen LogP contribution in [0.2, 0.25) is 0 Å². The predicted octanol–water partition coefficient (Wildman–Crippen LogP) is 7.31. The molecule has 1 atom stereocenters. The first-order chi connectivity index (χ1) is 18.1. The van der Waals surface area contributed by atoms with Gasteiger partial charge in [0.2, 0.25) is 11.8 Å². The van der Waals surface area contributed by atoms with Gasteiger partial charge in [0.05, 0.1) is 21.6 Å². The summed E-state index contributed by atoms with van der Waals surface area (Å²) in [6.45, 7) is 2.09. The first kappa shape index (κ1) is 24.3. The second-order valence-electron chi connectivity index (χ2n) is 10.2. The first-order valence-corrected chi connectivity index (χ1v) is 15.0. The molecule has 2 aliphatic rings. The van der Waals surface area contributed by atoms with Crippen molar-refractivity contribution in [2.45, 2.75) is 69.1 Å². The minimum Gasteiger partial charge on any atom is -0.437 e. The fourth-order valence-electron chi connectivity index (χ4n) is 5.10. The van der Waals surface area contributed by atoms with Gasteiger partial charge in [0.15, 0.2) is 0 Å². The van der Waals surface area contributed by atoms with Crippen molar-refractivity contribution < 1.29 is 8.95 Å². The van der Waals surface area contributed by atoms with Gasteiger partial charge in [-0.3, -0.25) is 0 Å². The van der Waals surface area contributed by atoms with E-state index >= 15 is 0 Å². The lowest BCUT2D eigenvalue weighted by Gasteiger charge is -2.37. The molecule has 0 amide bonds. The average Bonchev–Trinajstić information content (AvgIpc) is 3.37. The Morgan fingerprint density at radius 1 is 1.00 bits per heavy atom. The van der Waals surface area contributed by atoms with Crippen molar-refractivity contribution in [2.24, 2.45) is 0 Å². The maximum Gasteiger partial charge on any atom is 0.239 e. The molecule has 192 valence electrons. The molecule has 0 spiro atoms. The van der Waals surface area contributed by atoms with Crippen LogP contribution < -0.4 is 14.8 Å². The average molecular weight is 534 g/mol. The molecule has 37 heavy (non-hydrogen) atoms. The highest BCUT2D eigenvalue weighted by Crippen LogP contribution is 2.41. The largest absolute Gasteiger partial charge is 0.437 e. The number of ether oxygens (including phenoxy) is 1. The maximum absolute atomic E-state index is 13.0. The molecule has 2 aromatic heterocycles. The molecule has 2 fully saturated rings. The standard InChI is InChI=1S/C28H31N5O2S2/c1-28(15-7-16-28)37(34)33-22-12-13-24(21-11-6-5-10-20(21)22)35-26-25(36-18-30-26)23-14-17-29-27(32-23)31-19-8-3-2-4-9-19/h5-6,10-14,17-19,33H,2-4,7-9,15-16H2,1H3,(H,29,31,32). The zero-order chi connectivity index (χ0) is 25.2. The van der Waals surface area contributed by atoms with Crippen LogP contribution in [0, 0.1) is 0 Å². The second kappa shape index (κ2) is 10.4. The van der Waals surface area contributed by atoms with E-state index in [1.165, 1.54) is 30.6 Å². The van der Waals surface area contributed by atoms with E-state index in [2.05, 4.69) is 26.9 Å². The molecule has 1 unspecified atom stereocenters. The van der Waals surface area contributed by atoms with Crippen LogP contribution in [0.5, 0.6) is 11.6 Å². The number of benzene rings is 2. The number of fused-ring (bicyclic) bond motifs is 1. The molecule has 2 saturated carbocycles. The number of thiazole rings is 1.